The fourth-order valence-corrected chi connectivity index (χ4v) is 2.77. The highest BCUT2D eigenvalue weighted by Crippen LogP contribution is 2.23. The van der Waals surface area contributed by atoms with E-state index in [-0.39, 0.29) is 11.5 Å². The third-order valence-corrected chi connectivity index (χ3v) is 3.95. The van der Waals surface area contributed by atoms with Crippen molar-refractivity contribution in [2.75, 3.05) is 27.2 Å². The van der Waals surface area contributed by atoms with Crippen LogP contribution >= 0.6 is 0 Å². The monoisotopic (exact) mass is 264 g/mol. The standard InChI is InChI=1S/C15H21FN2O/c1-10-6-5-7-12(14(10)16)15(19)18-8-11(2)13(9-18)17(3)4/h5-7,11,13H,8-9H2,1-4H3. The van der Waals surface area contributed by atoms with Gasteiger partial charge in [0.15, 0.2) is 0 Å². The first kappa shape index (κ1) is 14.0. The average molecular weight is 264 g/mol. The number of likely N-dealkylation sites (tertiary alicyclic amines) is 1. The van der Waals surface area contributed by atoms with Gasteiger partial charge in [0.1, 0.15) is 5.82 Å². The van der Waals surface area contributed by atoms with E-state index in [1.165, 1.54) is 0 Å². The van der Waals surface area contributed by atoms with Crippen LogP contribution in [0.3, 0.4) is 0 Å². The molecule has 104 valence electrons. The van der Waals surface area contributed by atoms with E-state index in [0.29, 0.717) is 30.6 Å². The lowest BCUT2D eigenvalue weighted by atomic mass is 10.1. The Labute approximate surface area is 114 Å². The molecule has 1 heterocycles. The lowest BCUT2D eigenvalue weighted by Gasteiger charge is -2.22. The molecule has 3 nitrogen and oxygen atoms in total. The van der Waals surface area contributed by atoms with Crippen LogP contribution in [0.5, 0.6) is 0 Å². The number of nitrogens with zero attached hydrogens (tertiary/aromatic N) is 2. The van der Waals surface area contributed by atoms with Gasteiger partial charge in [-0.25, -0.2) is 4.39 Å². The van der Waals surface area contributed by atoms with Gasteiger partial charge in [-0.2, -0.15) is 0 Å². The van der Waals surface area contributed by atoms with Crippen molar-refractivity contribution in [2.24, 2.45) is 5.92 Å². The summed E-state index contributed by atoms with van der Waals surface area (Å²) in [6.07, 6.45) is 0. The third-order valence-electron chi connectivity index (χ3n) is 3.95. The number of aryl methyl sites for hydroxylation is 1. The maximum Gasteiger partial charge on any atom is 0.256 e. The van der Waals surface area contributed by atoms with E-state index >= 15 is 0 Å². The van der Waals surface area contributed by atoms with Crippen molar-refractivity contribution in [1.29, 1.82) is 0 Å². The summed E-state index contributed by atoms with van der Waals surface area (Å²) in [5.74, 6) is -0.183. The number of hydrogen-bond donors (Lipinski definition) is 0. The van der Waals surface area contributed by atoms with E-state index in [9.17, 15) is 9.18 Å². The summed E-state index contributed by atoms with van der Waals surface area (Å²) >= 11 is 0. The average Bonchev–Trinajstić information content (AvgIpc) is 2.74. The molecule has 1 saturated heterocycles. The van der Waals surface area contributed by atoms with Gasteiger partial charge in [-0.1, -0.05) is 19.1 Å². The van der Waals surface area contributed by atoms with Gasteiger partial charge in [0.05, 0.1) is 5.56 Å². The smallest absolute Gasteiger partial charge is 0.256 e. The van der Waals surface area contributed by atoms with Crippen molar-refractivity contribution in [3.63, 3.8) is 0 Å². The second-order valence-electron chi connectivity index (χ2n) is 5.65. The topological polar surface area (TPSA) is 23.6 Å². The predicted molar refractivity (Wildman–Crippen MR) is 73.7 cm³/mol. The van der Waals surface area contributed by atoms with Gasteiger partial charge in [0, 0.05) is 19.1 Å². The lowest BCUT2D eigenvalue weighted by molar-refractivity contribution is 0.0776. The first-order chi connectivity index (χ1) is 8.91. The third kappa shape index (κ3) is 2.63. The van der Waals surface area contributed by atoms with Crippen LogP contribution in [0.4, 0.5) is 4.39 Å². The van der Waals surface area contributed by atoms with Crippen molar-refractivity contribution in [3.8, 4) is 0 Å². The second kappa shape index (κ2) is 5.29. The van der Waals surface area contributed by atoms with Crippen LogP contribution in [0.25, 0.3) is 0 Å². The first-order valence-electron chi connectivity index (χ1n) is 6.62. The molecule has 2 atom stereocenters. The molecule has 0 N–H and O–H groups in total. The van der Waals surface area contributed by atoms with E-state index in [1.807, 2.05) is 14.1 Å². The fraction of sp³-hybridized carbons (Fsp3) is 0.533. The Hall–Kier alpha value is -1.42. The van der Waals surface area contributed by atoms with Gasteiger partial charge < -0.3 is 9.80 Å². The van der Waals surface area contributed by atoms with Crippen molar-refractivity contribution < 1.29 is 9.18 Å². The Bertz CT molecular complexity index is 487. The minimum Gasteiger partial charge on any atom is -0.337 e. The van der Waals surface area contributed by atoms with Gasteiger partial charge in [0.25, 0.3) is 5.91 Å². The summed E-state index contributed by atoms with van der Waals surface area (Å²) in [4.78, 5) is 16.3. The molecule has 4 heteroatoms. The number of halogens is 1. The highest BCUT2D eigenvalue weighted by atomic mass is 19.1. The molecule has 0 aliphatic carbocycles. The summed E-state index contributed by atoms with van der Waals surface area (Å²) in [6.45, 7) is 5.17. The highest BCUT2D eigenvalue weighted by Gasteiger charge is 2.34. The molecule has 0 spiro atoms. The molecule has 19 heavy (non-hydrogen) atoms. The largest absolute Gasteiger partial charge is 0.337 e. The molecule has 1 aromatic rings. The van der Waals surface area contributed by atoms with E-state index < -0.39 is 5.82 Å². The van der Waals surface area contributed by atoms with Crippen molar-refractivity contribution in [3.05, 3.63) is 35.1 Å². The van der Waals surface area contributed by atoms with Crippen LogP contribution in [0, 0.1) is 18.7 Å². The number of amides is 1. The summed E-state index contributed by atoms with van der Waals surface area (Å²) in [7, 11) is 4.03. The summed E-state index contributed by atoms with van der Waals surface area (Å²) in [6, 6.07) is 5.32. The van der Waals surface area contributed by atoms with Crippen molar-refractivity contribution >= 4 is 5.91 Å². The molecule has 0 bridgehead atoms. The van der Waals surface area contributed by atoms with Crippen LogP contribution < -0.4 is 0 Å². The minimum atomic E-state index is -0.395. The van der Waals surface area contributed by atoms with Gasteiger partial charge in [-0.05, 0) is 38.6 Å². The van der Waals surface area contributed by atoms with Crippen LogP contribution in [0.15, 0.2) is 18.2 Å². The summed E-state index contributed by atoms with van der Waals surface area (Å²) in [5.41, 5.74) is 0.703. The molecule has 1 fully saturated rings. The number of hydrogen-bond acceptors (Lipinski definition) is 2. The molecule has 1 amide bonds. The predicted octanol–water partition coefficient (Wildman–Crippen LogP) is 2.16. The van der Waals surface area contributed by atoms with E-state index in [0.717, 1.165) is 0 Å². The Kier molecular flexibility index (Phi) is 3.90. The zero-order valence-corrected chi connectivity index (χ0v) is 12.0. The van der Waals surface area contributed by atoms with E-state index in [4.69, 9.17) is 0 Å². The Morgan fingerprint density at radius 3 is 2.63 bits per heavy atom. The maximum absolute atomic E-state index is 14.0. The van der Waals surface area contributed by atoms with Gasteiger partial charge in [-0.3, -0.25) is 4.79 Å². The molecule has 0 aromatic heterocycles. The molecule has 0 radical (unpaired) electrons. The van der Waals surface area contributed by atoms with Gasteiger partial charge in [-0.15, -0.1) is 0 Å². The van der Waals surface area contributed by atoms with Crippen LogP contribution in [0.1, 0.15) is 22.8 Å². The quantitative estimate of drug-likeness (QED) is 0.817. The molecule has 1 aromatic carbocycles. The molecule has 1 aliphatic rings. The molecule has 2 unspecified atom stereocenters. The summed E-state index contributed by atoms with van der Waals surface area (Å²) < 4.78 is 14.0. The van der Waals surface area contributed by atoms with Crippen LogP contribution in [-0.4, -0.2) is 48.9 Å². The number of rotatable bonds is 2. The Morgan fingerprint density at radius 1 is 1.37 bits per heavy atom. The van der Waals surface area contributed by atoms with Crippen LogP contribution in [-0.2, 0) is 0 Å². The SMILES string of the molecule is Cc1cccc(C(=O)N2CC(C)C(N(C)C)C2)c1F. The molecule has 0 saturated carbocycles. The minimum absolute atomic E-state index is 0.187. The zero-order chi connectivity index (χ0) is 14.2. The second-order valence-corrected chi connectivity index (χ2v) is 5.65. The Morgan fingerprint density at radius 2 is 2.05 bits per heavy atom. The summed E-state index contributed by atoms with van der Waals surface area (Å²) in [5, 5.41) is 0. The maximum atomic E-state index is 14.0. The van der Waals surface area contributed by atoms with Crippen molar-refractivity contribution in [1.82, 2.24) is 9.80 Å². The lowest BCUT2D eigenvalue weighted by Crippen LogP contribution is -2.36. The normalized spacial score (nSPS) is 23.2. The van der Waals surface area contributed by atoms with Crippen molar-refractivity contribution in [2.45, 2.75) is 19.9 Å². The number of benzene rings is 1. The van der Waals surface area contributed by atoms with Crippen LogP contribution in [0.2, 0.25) is 0 Å². The van der Waals surface area contributed by atoms with E-state index in [1.54, 1.807) is 30.0 Å². The zero-order valence-electron chi connectivity index (χ0n) is 12.0. The number of carbonyl (C=O) groups is 1. The van der Waals surface area contributed by atoms with Gasteiger partial charge >= 0.3 is 0 Å². The van der Waals surface area contributed by atoms with Gasteiger partial charge in [0.2, 0.25) is 0 Å². The van der Waals surface area contributed by atoms with E-state index in [2.05, 4.69) is 11.8 Å². The Balaban J connectivity index is 2.20. The highest BCUT2D eigenvalue weighted by molar-refractivity contribution is 5.95. The molecular weight excluding hydrogens is 243 g/mol. The fourth-order valence-electron chi connectivity index (χ4n) is 2.77. The molecule has 2 rings (SSSR count). The first-order valence-corrected chi connectivity index (χ1v) is 6.62. The number of likely N-dealkylation sites (N-methyl/N-ethyl adjacent to an activating group) is 1. The molecular formula is C15H21FN2O. The number of carbonyl (C=O) groups excluding carboxylic acids is 1. The molecule has 1 aliphatic heterocycles.